The predicted molar refractivity (Wildman–Crippen MR) is 55.2 cm³/mol. The van der Waals surface area contributed by atoms with Crippen molar-refractivity contribution in [2.45, 2.75) is 32.7 Å². The third-order valence-corrected chi connectivity index (χ3v) is 1.90. The van der Waals surface area contributed by atoms with Crippen LogP contribution in [0.3, 0.4) is 0 Å². The Morgan fingerprint density at radius 3 is 2.00 bits per heavy atom. The smallest absolute Gasteiger partial charge is 0.353 e. The zero-order chi connectivity index (χ0) is 12.6. The highest BCUT2D eigenvalue weighted by Crippen LogP contribution is 2.16. The van der Waals surface area contributed by atoms with Crippen molar-refractivity contribution in [1.82, 2.24) is 4.90 Å². The van der Waals surface area contributed by atoms with Gasteiger partial charge in [-0.1, -0.05) is 0 Å². The zero-order valence-corrected chi connectivity index (χ0v) is 10.0. The molecule has 0 aromatic carbocycles. The molecule has 0 saturated heterocycles. The van der Waals surface area contributed by atoms with E-state index < -0.39 is 19.0 Å². The number of rotatable bonds is 8. The second kappa shape index (κ2) is 7.86. The van der Waals surface area contributed by atoms with Gasteiger partial charge >= 0.3 is 6.18 Å². The molecule has 0 aliphatic heterocycles. The summed E-state index contributed by atoms with van der Waals surface area (Å²) >= 11 is 0. The van der Waals surface area contributed by atoms with Crippen LogP contribution in [0.2, 0.25) is 0 Å². The van der Waals surface area contributed by atoms with Crippen molar-refractivity contribution < 1.29 is 22.6 Å². The number of hydrogen-bond acceptors (Lipinski definition) is 3. The van der Waals surface area contributed by atoms with E-state index in [1.54, 1.807) is 0 Å². The Morgan fingerprint density at radius 2 is 1.62 bits per heavy atom. The molecule has 0 rings (SSSR count). The summed E-state index contributed by atoms with van der Waals surface area (Å²) in [6.45, 7) is 4.03. The van der Waals surface area contributed by atoms with Crippen LogP contribution < -0.4 is 0 Å². The fourth-order valence-corrected chi connectivity index (χ4v) is 1.30. The molecule has 0 aromatic rings. The number of nitrogens with zero attached hydrogens (tertiary/aromatic N) is 1. The van der Waals surface area contributed by atoms with Crippen LogP contribution in [0.4, 0.5) is 13.2 Å². The highest BCUT2D eigenvalue weighted by atomic mass is 19.4. The topological polar surface area (TPSA) is 21.7 Å². The van der Waals surface area contributed by atoms with E-state index in [9.17, 15) is 13.2 Å². The molecule has 0 fully saturated rings. The van der Waals surface area contributed by atoms with Crippen LogP contribution in [0.5, 0.6) is 0 Å². The molecule has 3 nitrogen and oxygen atoms in total. The van der Waals surface area contributed by atoms with Gasteiger partial charge in [0, 0.05) is 26.2 Å². The molecule has 0 radical (unpaired) electrons. The molecule has 0 N–H and O–H groups in total. The molecule has 16 heavy (non-hydrogen) atoms. The summed E-state index contributed by atoms with van der Waals surface area (Å²) in [5, 5.41) is 0. The molecule has 0 bridgehead atoms. The van der Waals surface area contributed by atoms with E-state index in [1.807, 2.05) is 13.8 Å². The third kappa shape index (κ3) is 8.94. The molecule has 0 saturated carbocycles. The van der Waals surface area contributed by atoms with Crippen LogP contribution in [-0.4, -0.2) is 50.7 Å². The summed E-state index contributed by atoms with van der Waals surface area (Å²) in [5.41, 5.74) is 0. The van der Waals surface area contributed by atoms with Crippen LogP contribution in [0, 0.1) is 0 Å². The van der Waals surface area contributed by atoms with E-state index in [-0.39, 0.29) is 0 Å². The van der Waals surface area contributed by atoms with E-state index >= 15 is 0 Å². The average Bonchev–Trinajstić information content (AvgIpc) is 2.12. The standard InChI is InChI=1S/C10H20F3NO2/c1-4-15-9(16-5-2)6-7-14(3)8-10(11,12)13/h9H,4-8H2,1-3H3. The minimum absolute atomic E-state index is 0.296. The van der Waals surface area contributed by atoms with Crippen molar-refractivity contribution in [3.63, 3.8) is 0 Å². The molecule has 0 aromatic heterocycles. The van der Waals surface area contributed by atoms with E-state index in [0.29, 0.717) is 26.2 Å². The number of halogens is 3. The van der Waals surface area contributed by atoms with Gasteiger partial charge in [0.25, 0.3) is 0 Å². The highest BCUT2D eigenvalue weighted by Gasteiger charge is 2.29. The molecular formula is C10H20F3NO2. The van der Waals surface area contributed by atoms with Crippen LogP contribution in [0.25, 0.3) is 0 Å². The summed E-state index contributed by atoms with van der Waals surface area (Å²) in [4.78, 5) is 1.21. The maximum Gasteiger partial charge on any atom is 0.401 e. The lowest BCUT2D eigenvalue weighted by Crippen LogP contribution is -2.34. The van der Waals surface area contributed by atoms with Crippen molar-refractivity contribution in [2.75, 3.05) is 33.4 Å². The average molecular weight is 243 g/mol. The van der Waals surface area contributed by atoms with E-state index in [0.717, 1.165) is 0 Å². The Morgan fingerprint density at radius 1 is 1.12 bits per heavy atom. The maximum absolute atomic E-state index is 12.0. The van der Waals surface area contributed by atoms with Crippen molar-refractivity contribution in [1.29, 1.82) is 0 Å². The molecule has 0 spiro atoms. The summed E-state index contributed by atoms with van der Waals surface area (Å²) in [6.07, 6.45) is -4.12. The quantitative estimate of drug-likeness (QED) is 0.610. The van der Waals surface area contributed by atoms with Gasteiger partial charge in [0.05, 0.1) is 6.54 Å². The second-order valence-corrected chi connectivity index (χ2v) is 3.48. The molecule has 0 amide bonds. The van der Waals surface area contributed by atoms with Crippen molar-refractivity contribution in [2.24, 2.45) is 0 Å². The lowest BCUT2D eigenvalue weighted by Gasteiger charge is -2.22. The van der Waals surface area contributed by atoms with E-state index in [1.165, 1.54) is 11.9 Å². The molecule has 98 valence electrons. The van der Waals surface area contributed by atoms with E-state index in [2.05, 4.69) is 0 Å². The largest absolute Gasteiger partial charge is 0.401 e. The van der Waals surface area contributed by atoms with Gasteiger partial charge in [-0.3, -0.25) is 4.90 Å². The molecule has 0 aliphatic rings. The van der Waals surface area contributed by atoms with Crippen LogP contribution in [0.1, 0.15) is 20.3 Å². The SMILES string of the molecule is CCOC(CCN(C)CC(F)(F)F)OCC. The van der Waals surface area contributed by atoms with Gasteiger partial charge in [0.2, 0.25) is 0 Å². The first-order valence-corrected chi connectivity index (χ1v) is 5.37. The van der Waals surface area contributed by atoms with Gasteiger partial charge < -0.3 is 9.47 Å². The first-order valence-electron chi connectivity index (χ1n) is 5.37. The number of alkyl halides is 3. The van der Waals surface area contributed by atoms with Gasteiger partial charge in [-0.25, -0.2) is 0 Å². The first-order chi connectivity index (χ1) is 7.39. The van der Waals surface area contributed by atoms with Gasteiger partial charge in [-0.15, -0.1) is 0 Å². The molecule has 0 heterocycles. The minimum Gasteiger partial charge on any atom is -0.353 e. The Hall–Kier alpha value is -0.330. The second-order valence-electron chi connectivity index (χ2n) is 3.48. The van der Waals surface area contributed by atoms with Gasteiger partial charge in [-0.2, -0.15) is 13.2 Å². The summed E-state index contributed by atoms with van der Waals surface area (Å²) in [5.74, 6) is 0. The van der Waals surface area contributed by atoms with Crippen molar-refractivity contribution in [3.8, 4) is 0 Å². The molecular weight excluding hydrogens is 223 g/mol. The zero-order valence-electron chi connectivity index (χ0n) is 10.0. The molecule has 0 unspecified atom stereocenters. The lowest BCUT2D eigenvalue weighted by molar-refractivity contribution is -0.156. The van der Waals surface area contributed by atoms with Crippen LogP contribution in [0.15, 0.2) is 0 Å². The molecule has 0 aliphatic carbocycles. The normalized spacial score (nSPS) is 12.8. The molecule has 6 heteroatoms. The predicted octanol–water partition coefficient (Wildman–Crippen LogP) is 2.27. The van der Waals surface area contributed by atoms with Crippen molar-refractivity contribution >= 4 is 0 Å². The Bertz CT molecular complexity index is 170. The minimum atomic E-state index is -4.15. The maximum atomic E-state index is 12.0. The Labute approximate surface area is 94.5 Å². The number of hydrogen-bond donors (Lipinski definition) is 0. The fraction of sp³-hybridized carbons (Fsp3) is 1.00. The third-order valence-electron chi connectivity index (χ3n) is 1.90. The van der Waals surface area contributed by atoms with Gasteiger partial charge in [0.1, 0.15) is 0 Å². The van der Waals surface area contributed by atoms with Gasteiger partial charge in [-0.05, 0) is 20.9 Å². The summed E-state index contributed by atoms with van der Waals surface area (Å²) < 4.78 is 46.5. The van der Waals surface area contributed by atoms with E-state index in [4.69, 9.17) is 9.47 Å². The fourth-order valence-electron chi connectivity index (χ4n) is 1.30. The monoisotopic (exact) mass is 243 g/mol. The lowest BCUT2D eigenvalue weighted by atomic mass is 10.3. The Balaban J connectivity index is 3.81. The first kappa shape index (κ1) is 15.7. The van der Waals surface area contributed by atoms with Crippen LogP contribution >= 0.6 is 0 Å². The van der Waals surface area contributed by atoms with Crippen LogP contribution in [-0.2, 0) is 9.47 Å². The highest BCUT2D eigenvalue weighted by molar-refractivity contribution is 4.60. The number of ether oxygens (including phenoxy) is 2. The Kier molecular flexibility index (Phi) is 7.70. The summed E-state index contributed by atoms with van der Waals surface area (Å²) in [6, 6.07) is 0. The molecule has 0 atom stereocenters. The summed E-state index contributed by atoms with van der Waals surface area (Å²) in [7, 11) is 1.43. The van der Waals surface area contributed by atoms with Crippen molar-refractivity contribution in [3.05, 3.63) is 0 Å². The van der Waals surface area contributed by atoms with Gasteiger partial charge in [0.15, 0.2) is 6.29 Å².